The summed E-state index contributed by atoms with van der Waals surface area (Å²) in [6.07, 6.45) is 3.39. The second-order valence-electron chi connectivity index (χ2n) is 18.8. The summed E-state index contributed by atoms with van der Waals surface area (Å²) in [7, 11) is 0. The van der Waals surface area contributed by atoms with Crippen LogP contribution in [0.15, 0.2) is 146 Å². The van der Waals surface area contributed by atoms with Crippen molar-refractivity contribution in [2.24, 2.45) is 0 Å². The number of hydrogen-bond acceptors (Lipinski definition) is 10. The van der Waals surface area contributed by atoms with E-state index in [2.05, 4.69) is 6.58 Å². The monoisotopic (exact) mass is 1120 g/mol. The fourth-order valence-electron chi connectivity index (χ4n) is 8.06. The Balaban J connectivity index is 0.875. The van der Waals surface area contributed by atoms with Gasteiger partial charge in [-0.25, -0.2) is 19.2 Å². The Hall–Kier alpha value is -7.83. The van der Waals surface area contributed by atoms with Gasteiger partial charge in [-0.2, -0.15) is 39.5 Å². The van der Waals surface area contributed by atoms with Crippen LogP contribution in [-0.2, 0) is 0 Å². The Morgan fingerprint density at radius 1 is 0.362 bits per heavy atom. The largest absolute Gasteiger partial charge is 0.494 e. The molecule has 0 amide bonds. The molecule has 0 unspecified atom stereocenters. The number of carbonyl (C=O) groups excluding carboxylic acids is 4. The number of esters is 4. The first-order chi connectivity index (χ1) is 38.2. The minimum absolute atomic E-state index is 0.0899. The molecule has 10 nitrogen and oxygen atoms in total. The lowest BCUT2D eigenvalue weighted by Gasteiger charge is -2.33. The molecule has 0 saturated heterocycles. The molecule has 0 heterocycles. The Morgan fingerprint density at radius 3 is 1.04 bits per heavy atom. The molecule has 0 N–H and O–H groups in total. The molecule has 6 aromatic carbocycles. The first-order valence-corrected chi connectivity index (χ1v) is 26.1. The molecular weight excluding hydrogens is 1060 g/mol. The van der Waals surface area contributed by atoms with E-state index in [1.54, 1.807) is 60.7 Å². The molecule has 0 aliphatic carbocycles. The summed E-state index contributed by atoms with van der Waals surface area (Å²) in [5, 5.41) is 1.37. The second kappa shape index (κ2) is 28.9. The quantitative estimate of drug-likeness (QED) is 0.0137. The number of benzene rings is 6. The summed E-state index contributed by atoms with van der Waals surface area (Å²) in [6.45, 7) is 4.56. The van der Waals surface area contributed by atoms with Crippen LogP contribution in [0.2, 0.25) is 0 Å². The Kier molecular flexibility index (Phi) is 22.2. The van der Waals surface area contributed by atoms with Gasteiger partial charge in [0.1, 0.15) is 34.5 Å². The van der Waals surface area contributed by atoms with E-state index in [1.807, 2.05) is 6.08 Å². The molecule has 0 aliphatic rings. The van der Waals surface area contributed by atoms with Crippen molar-refractivity contribution in [1.82, 2.24) is 0 Å². The van der Waals surface area contributed by atoms with Crippen LogP contribution in [0.25, 0.3) is 10.8 Å². The maximum atomic E-state index is 13.7. The van der Waals surface area contributed by atoms with E-state index in [1.165, 1.54) is 105 Å². The number of allylic oxidation sites excluding steroid dienone is 1. The standard InChI is InChI=1S/C61H59F9O10/c1-2-3-4-5-6-7-9-12-15-38-75-48-27-19-43(20-28-48)54(71)77-50-31-23-45(24-32-50)56(73)79-52-35-17-42-18-36-53(41-47(42)40-52)80-57(74)46-25-33-51(34-26-46)78-55(72)44-21-29-49(30-22-44)76-39-16-13-10-8-11-14-37-58(62,63)59(64,65)60(66,67)61(68,69)70/h2,17-36,40-41H,1,3-16,37-39H2. The van der Waals surface area contributed by atoms with Crippen molar-refractivity contribution in [2.75, 3.05) is 13.2 Å². The third kappa shape index (κ3) is 17.6. The predicted octanol–water partition coefficient (Wildman–Crippen LogP) is 17.0. The molecule has 80 heavy (non-hydrogen) atoms. The van der Waals surface area contributed by atoms with E-state index < -0.39 is 60.7 Å². The van der Waals surface area contributed by atoms with Crippen molar-refractivity contribution < 1.29 is 87.1 Å². The van der Waals surface area contributed by atoms with E-state index in [9.17, 15) is 58.7 Å². The molecule has 0 spiro atoms. The van der Waals surface area contributed by atoms with Crippen molar-refractivity contribution in [3.8, 4) is 34.5 Å². The number of fused-ring (bicyclic) bond motifs is 1. The van der Waals surface area contributed by atoms with E-state index in [0.717, 1.165) is 24.6 Å². The first-order valence-electron chi connectivity index (χ1n) is 26.1. The van der Waals surface area contributed by atoms with Crippen LogP contribution >= 0.6 is 0 Å². The third-order valence-electron chi connectivity index (χ3n) is 12.7. The molecule has 0 aliphatic heterocycles. The number of unbranched alkanes of at least 4 members (excludes halogenated alkanes) is 12. The van der Waals surface area contributed by atoms with Crippen LogP contribution in [0, 0.1) is 0 Å². The summed E-state index contributed by atoms with van der Waals surface area (Å²) < 4.78 is 151. The number of carbonyl (C=O) groups is 4. The second-order valence-corrected chi connectivity index (χ2v) is 18.8. The number of hydrogen-bond donors (Lipinski definition) is 0. The SMILES string of the molecule is C=CCCCCCCCCCOc1ccc(C(=O)Oc2ccc(C(=O)Oc3ccc4ccc(OC(=O)c5ccc(OC(=O)c6ccc(OCCCCCCCCC(F)(F)C(F)(F)C(F)(F)C(F)(F)F)cc6)cc5)cc4c3)cc2)cc1. The minimum atomic E-state index is -6.88. The van der Waals surface area contributed by atoms with Crippen molar-refractivity contribution in [3.63, 3.8) is 0 Å². The number of alkyl halides is 9. The van der Waals surface area contributed by atoms with Gasteiger partial charge in [-0.1, -0.05) is 76.0 Å². The Morgan fingerprint density at radius 2 is 0.675 bits per heavy atom. The number of rotatable bonds is 31. The molecule has 0 saturated carbocycles. The van der Waals surface area contributed by atoms with Crippen LogP contribution in [0.3, 0.4) is 0 Å². The van der Waals surface area contributed by atoms with Crippen LogP contribution in [0.5, 0.6) is 34.5 Å². The molecule has 426 valence electrons. The van der Waals surface area contributed by atoms with Crippen LogP contribution in [-0.4, -0.2) is 61.0 Å². The van der Waals surface area contributed by atoms with Gasteiger partial charge in [0.2, 0.25) is 0 Å². The maximum absolute atomic E-state index is 13.7. The van der Waals surface area contributed by atoms with E-state index in [4.69, 9.17) is 28.4 Å². The smallest absolute Gasteiger partial charge is 0.460 e. The normalized spacial score (nSPS) is 11.9. The zero-order valence-corrected chi connectivity index (χ0v) is 43.5. The summed E-state index contributed by atoms with van der Waals surface area (Å²) in [5.41, 5.74) is 0.868. The molecule has 0 atom stereocenters. The van der Waals surface area contributed by atoms with Gasteiger partial charge in [0.25, 0.3) is 0 Å². The highest BCUT2D eigenvalue weighted by Gasteiger charge is 2.81. The van der Waals surface area contributed by atoms with Crippen LogP contribution in [0.4, 0.5) is 39.5 Å². The van der Waals surface area contributed by atoms with Crippen molar-refractivity contribution >= 4 is 34.6 Å². The molecule has 19 heteroatoms. The predicted molar refractivity (Wildman–Crippen MR) is 281 cm³/mol. The van der Waals surface area contributed by atoms with Crippen molar-refractivity contribution in [2.45, 2.75) is 120 Å². The zero-order chi connectivity index (χ0) is 57.8. The fourth-order valence-corrected chi connectivity index (χ4v) is 8.06. The molecule has 0 bridgehead atoms. The van der Waals surface area contributed by atoms with Gasteiger partial charge in [0, 0.05) is 6.42 Å². The number of ether oxygens (including phenoxy) is 6. The minimum Gasteiger partial charge on any atom is -0.494 e. The van der Waals surface area contributed by atoms with Gasteiger partial charge in [-0.05, 0) is 164 Å². The number of halogens is 9. The van der Waals surface area contributed by atoms with E-state index >= 15 is 0 Å². The highest BCUT2D eigenvalue weighted by atomic mass is 19.4. The third-order valence-corrected chi connectivity index (χ3v) is 12.7. The zero-order valence-electron chi connectivity index (χ0n) is 43.5. The molecule has 6 aromatic rings. The Labute approximate surface area is 456 Å². The lowest BCUT2D eigenvalue weighted by Crippen LogP contribution is -2.60. The molecule has 6 rings (SSSR count). The summed E-state index contributed by atoms with van der Waals surface area (Å²) >= 11 is 0. The molecular formula is C61H59F9O10. The summed E-state index contributed by atoms with van der Waals surface area (Å²) in [5.74, 6) is -19.8. The summed E-state index contributed by atoms with van der Waals surface area (Å²) in [6, 6.07) is 34.1. The molecule has 0 aromatic heterocycles. The van der Waals surface area contributed by atoms with Gasteiger partial charge >= 0.3 is 47.8 Å². The topological polar surface area (TPSA) is 124 Å². The van der Waals surface area contributed by atoms with Crippen molar-refractivity contribution in [3.05, 3.63) is 168 Å². The highest BCUT2D eigenvalue weighted by Crippen LogP contribution is 2.54. The van der Waals surface area contributed by atoms with E-state index in [-0.39, 0.29) is 59.1 Å². The first kappa shape index (κ1) is 61.4. The van der Waals surface area contributed by atoms with Gasteiger partial charge in [0.15, 0.2) is 0 Å². The fraction of sp³-hybridized carbons (Fsp3) is 0.344. The van der Waals surface area contributed by atoms with Gasteiger partial charge in [0.05, 0.1) is 35.5 Å². The van der Waals surface area contributed by atoms with Crippen molar-refractivity contribution in [1.29, 1.82) is 0 Å². The average Bonchev–Trinajstić information content (AvgIpc) is 3.46. The highest BCUT2D eigenvalue weighted by molar-refractivity contribution is 5.95. The van der Waals surface area contributed by atoms with Gasteiger partial charge in [-0.3, -0.25) is 0 Å². The maximum Gasteiger partial charge on any atom is 0.460 e. The molecule has 0 radical (unpaired) electrons. The lowest BCUT2D eigenvalue weighted by molar-refractivity contribution is -0.396. The van der Waals surface area contributed by atoms with E-state index in [0.29, 0.717) is 48.3 Å². The van der Waals surface area contributed by atoms with Gasteiger partial charge in [-0.15, -0.1) is 6.58 Å². The average molecular weight is 1120 g/mol. The Bertz CT molecular complexity index is 2980. The lowest BCUT2D eigenvalue weighted by atomic mass is 9.98. The molecule has 0 fully saturated rings. The van der Waals surface area contributed by atoms with Crippen LogP contribution in [0.1, 0.15) is 138 Å². The summed E-state index contributed by atoms with van der Waals surface area (Å²) in [4.78, 5) is 51.9. The van der Waals surface area contributed by atoms with Crippen LogP contribution < -0.4 is 28.4 Å². The van der Waals surface area contributed by atoms with Gasteiger partial charge < -0.3 is 28.4 Å².